The minimum absolute atomic E-state index is 0.579. The number of fused-ring (bicyclic) bond motifs is 4. The summed E-state index contributed by atoms with van der Waals surface area (Å²) < 4.78 is 0. The number of hydrogen-bond donors (Lipinski definition) is 1. The van der Waals surface area contributed by atoms with Crippen molar-refractivity contribution in [2.45, 2.75) is 5.41 Å². The first-order chi connectivity index (χ1) is 16.8. The van der Waals surface area contributed by atoms with Crippen molar-refractivity contribution in [2.75, 3.05) is 23.5 Å². The normalized spacial score (nSPS) is 15.2. The fraction of sp³-hybridized carbons (Fsp3) is 0.107. The van der Waals surface area contributed by atoms with Crippen LogP contribution < -0.4 is 9.80 Å². The van der Waals surface area contributed by atoms with E-state index in [0.717, 1.165) is 34.7 Å². The van der Waals surface area contributed by atoms with Crippen molar-refractivity contribution in [1.82, 2.24) is 20.2 Å². The van der Waals surface area contributed by atoms with E-state index in [0.29, 0.717) is 0 Å². The largest absolute Gasteiger partial charge is 0.355 e. The van der Waals surface area contributed by atoms with E-state index in [9.17, 15) is 0 Å². The van der Waals surface area contributed by atoms with Crippen molar-refractivity contribution >= 4 is 17.1 Å². The van der Waals surface area contributed by atoms with E-state index in [1.54, 1.807) is 0 Å². The van der Waals surface area contributed by atoms with Crippen molar-refractivity contribution in [3.8, 4) is 11.1 Å². The molecule has 6 nitrogen and oxygen atoms in total. The lowest BCUT2D eigenvalue weighted by Gasteiger charge is -2.32. The van der Waals surface area contributed by atoms with Crippen LogP contribution in [0.4, 0.5) is 17.1 Å². The molecule has 2 aliphatic rings. The Morgan fingerprint density at radius 1 is 0.794 bits per heavy atom. The smallest absolute Gasteiger partial charge is 0.0950 e. The van der Waals surface area contributed by atoms with Gasteiger partial charge >= 0.3 is 0 Å². The monoisotopic (exact) mass is 442 g/mol. The lowest BCUT2D eigenvalue weighted by atomic mass is 9.71. The Morgan fingerprint density at radius 2 is 1.53 bits per heavy atom. The molecule has 7 rings (SSSR count). The Kier molecular flexibility index (Phi) is 3.94. The SMILES string of the molecule is CN1CN(c2cccc(C3(c4ccn[nH]4)c4cnccc4-c4ccncc43)c2)c2ccccc21. The zero-order valence-electron chi connectivity index (χ0n) is 18.7. The molecular weight excluding hydrogens is 420 g/mol. The van der Waals surface area contributed by atoms with E-state index in [1.807, 2.05) is 31.0 Å². The van der Waals surface area contributed by atoms with Gasteiger partial charge in [-0.2, -0.15) is 5.10 Å². The number of benzene rings is 2. The number of nitrogens with one attached hydrogen (secondary N) is 1. The van der Waals surface area contributed by atoms with E-state index < -0.39 is 5.41 Å². The predicted molar refractivity (Wildman–Crippen MR) is 133 cm³/mol. The maximum Gasteiger partial charge on any atom is 0.0950 e. The van der Waals surface area contributed by atoms with E-state index >= 15 is 0 Å². The number of nitrogens with zero attached hydrogens (tertiary/aromatic N) is 5. The lowest BCUT2D eigenvalue weighted by Crippen LogP contribution is -2.30. The van der Waals surface area contributed by atoms with Gasteiger partial charge in [-0.1, -0.05) is 24.3 Å². The van der Waals surface area contributed by atoms with Crippen molar-refractivity contribution in [1.29, 1.82) is 0 Å². The highest BCUT2D eigenvalue weighted by Gasteiger charge is 2.48. The molecule has 34 heavy (non-hydrogen) atoms. The Morgan fingerprint density at radius 3 is 2.24 bits per heavy atom. The van der Waals surface area contributed by atoms with Gasteiger partial charge in [-0.25, -0.2) is 0 Å². The molecular formula is C28H22N6. The van der Waals surface area contributed by atoms with Gasteiger partial charge in [0, 0.05) is 43.7 Å². The average Bonchev–Trinajstić information content (AvgIpc) is 3.61. The number of rotatable bonds is 3. The highest BCUT2D eigenvalue weighted by Crippen LogP contribution is 2.55. The Bertz CT molecular complexity index is 1480. The van der Waals surface area contributed by atoms with Crippen LogP contribution in [-0.2, 0) is 5.41 Å². The van der Waals surface area contributed by atoms with Gasteiger partial charge in [0.25, 0.3) is 0 Å². The molecule has 1 N–H and O–H groups in total. The number of H-pyrrole nitrogens is 1. The minimum Gasteiger partial charge on any atom is -0.355 e. The van der Waals surface area contributed by atoms with Crippen molar-refractivity contribution in [3.05, 3.63) is 120 Å². The molecule has 6 heteroatoms. The molecule has 1 aliphatic heterocycles. The molecule has 0 unspecified atom stereocenters. The van der Waals surface area contributed by atoms with E-state index in [-0.39, 0.29) is 0 Å². The molecule has 0 spiro atoms. The molecule has 164 valence electrons. The van der Waals surface area contributed by atoms with Gasteiger partial charge in [0.05, 0.1) is 29.2 Å². The van der Waals surface area contributed by atoms with Gasteiger partial charge in [-0.15, -0.1) is 0 Å². The molecule has 0 bridgehead atoms. The van der Waals surface area contributed by atoms with Gasteiger partial charge in [-0.3, -0.25) is 15.1 Å². The van der Waals surface area contributed by atoms with Gasteiger partial charge in [0.15, 0.2) is 0 Å². The number of pyridine rings is 2. The second kappa shape index (κ2) is 7.02. The van der Waals surface area contributed by atoms with Crippen LogP contribution in [0.1, 0.15) is 22.4 Å². The van der Waals surface area contributed by atoms with Gasteiger partial charge in [0.1, 0.15) is 0 Å². The number of para-hydroxylation sites is 2. The average molecular weight is 443 g/mol. The third kappa shape index (κ3) is 2.42. The maximum absolute atomic E-state index is 4.54. The van der Waals surface area contributed by atoms with E-state index in [4.69, 9.17) is 0 Å². The first-order valence-electron chi connectivity index (χ1n) is 11.4. The third-order valence-electron chi connectivity index (χ3n) is 7.17. The van der Waals surface area contributed by atoms with Gasteiger partial charge < -0.3 is 9.80 Å². The van der Waals surface area contributed by atoms with Crippen molar-refractivity contribution in [3.63, 3.8) is 0 Å². The van der Waals surface area contributed by atoms with Gasteiger partial charge in [0.2, 0.25) is 0 Å². The summed E-state index contributed by atoms with van der Waals surface area (Å²) in [4.78, 5) is 13.7. The summed E-state index contributed by atoms with van der Waals surface area (Å²) in [5, 5.41) is 7.62. The number of aromatic nitrogens is 4. The number of hydrogen-bond acceptors (Lipinski definition) is 5. The number of anilines is 3. The summed E-state index contributed by atoms with van der Waals surface area (Å²) in [6, 6.07) is 23.6. The van der Waals surface area contributed by atoms with Crippen LogP contribution in [0.25, 0.3) is 11.1 Å². The van der Waals surface area contributed by atoms with Crippen LogP contribution in [0.5, 0.6) is 0 Å². The summed E-state index contributed by atoms with van der Waals surface area (Å²) in [7, 11) is 2.13. The Hall–Kier alpha value is -4.45. The molecule has 0 saturated carbocycles. The van der Waals surface area contributed by atoms with Crippen LogP contribution >= 0.6 is 0 Å². The predicted octanol–water partition coefficient (Wildman–Crippen LogP) is 5.11. The molecule has 0 amide bonds. The van der Waals surface area contributed by atoms with Crippen LogP contribution in [0.2, 0.25) is 0 Å². The molecule has 1 aliphatic carbocycles. The van der Waals surface area contributed by atoms with Crippen LogP contribution in [0.3, 0.4) is 0 Å². The first-order valence-corrected chi connectivity index (χ1v) is 11.4. The number of aromatic amines is 1. The molecule has 3 aromatic heterocycles. The van der Waals surface area contributed by atoms with Crippen molar-refractivity contribution < 1.29 is 0 Å². The molecule has 0 radical (unpaired) electrons. The van der Waals surface area contributed by atoms with Crippen LogP contribution in [0, 0.1) is 0 Å². The molecule has 0 atom stereocenters. The molecule has 0 saturated heterocycles. The highest BCUT2D eigenvalue weighted by molar-refractivity contribution is 5.86. The summed E-state index contributed by atoms with van der Waals surface area (Å²) in [5.41, 5.74) is 9.82. The molecule has 4 heterocycles. The molecule has 5 aromatic rings. The van der Waals surface area contributed by atoms with Crippen molar-refractivity contribution in [2.24, 2.45) is 0 Å². The van der Waals surface area contributed by atoms with Crippen LogP contribution in [0.15, 0.2) is 97.7 Å². The quantitative estimate of drug-likeness (QED) is 0.413. The summed E-state index contributed by atoms with van der Waals surface area (Å²) in [6.45, 7) is 0.802. The zero-order chi connectivity index (χ0) is 22.7. The minimum atomic E-state index is -0.579. The topological polar surface area (TPSA) is 60.9 Å². The summed E-state index contributed by atoms with van der Waals surface area (Å²) in [5.74, 6) is 0. The fourth-order valence-corrected chi connectivity index (χ4v) is 5.73. The van der Waals surface area contributed by atoms with Crippen LogP contribution in [-0.4, -0.2) is 33.9 Å². The standard InChI is InChI=1S/C28H22N6/c1-33-18-34(26-8-3-2-7-25(26)33)20-6-4-5-19(15-20)28(27-11-14-31-32-27)23-16-29-12-9-21(23)22-10-13-30-17-24(22)28/h2-17H,18H2,1H3,(H,31,32). The summed E-state index contributed by atoms with van der Waals surface area (Å²) >= 11 is 0. The second-order valence-electron chi connectivity index (χ2n) is 8.87. The maximum atomic E-state index is 4.54. The summed E-state index contributed by atoms with van der Waals surface area (Å²) in [6.07, 6.45) is 9.51. The first kappa shape index (κ1) is 19.1. The Balaban J connectivity index is 1.50. The van der Waals surface area contributed by atoms with E-state index in [1.165, 1.54) is 22.5 Å². The Labute approximate surface area is 197 Å². The molecule has 0 fully saturated rings. The third-order valence-corrected chi connectivity index (χ3v) is 7.17. The fourth-order valence-electron chi connectivity index (χ4n) is 5.73. The van der Waals surface area contributed by atoms with E-state index in [2.05, 4.69) is 104 Å². The highest BCUT2D eigenvalue weighted by atomic mass is 15.4. The van der Waals surface area contributed by atoms with Gasteiger partial charge in [-0.05, 0) is 70.3 Å². The zero-order valence-corrected chi connectivity index (χ0v) is 18.7. The second-order valence-corrected chi connectivity index (χ2v) is 8.87. The molecule has 2 aromatic carbocycles. The lowest BCUT2D eigenvalue weighted by molar-refractivity contribution is 0.720.